The summed E-state index contributed by atoms with van der Waals surface area (Å²) in [6, 6.07) is 8.80. The standard InChI is InChI=1S/C16H20N2O3/c1-3-21-15(19)14-11(2)17-16(20)18-13(14)10-9-12-7-5-4-6-8-12/h4-11,13-14H,3H2,1-2H3,(H2,17,18,20)/b10-9+. The van der Waals surface area contributed by atoms with Crippen LogP contribution in [0.25, 0.3) is 6.08 Å². The number of urea groups is 1. The predicted molar refractivity (Wildman–Crippen MR) is 80.5 cm³/mol. The van der Waals surface area contributed by atoms with Gasteiger partial charge in [-0.15, -0.1) is 0 Å². The zero-order chi connectivity index (χ0) is 15.2. The minimum absolute atomic E-state index is 0.272. The van der Waals surface area contributed by atoms with Gasteiger partial charge in [0.2, 0.25) is 0 Å². The molecule has 112 valence electrons. The Balaban J connectivity index is 2.17. The molecule has 0 aliphatic carbocycles. The molecule has 2 amide bonds. The number of esters is 1. The molecule has 2 N–H and O–H groups in total. The number of benzene rings is 1. The first kappa shape index (κ1) is 15.1. The molecule has 3 atom stereocenters. The highest BCUT2D eigenvalue weighted by Crippen LogP contribution is 2.18. The molecule has 0 bridgehead atoms. The first-order valence-electron chi connectivity index (χ1n) is 7.08. The number of hydrogen-bond donors (Lipinski definition) is 2. The fourth-order valence-corrected chi connectivity index (χ4v) is 2.43. The Morgan fingerprint density at radius 1 is 1.29 bits per heavy atom. The van der Waals surface area contributed by atoms with E-state index in [1.807, 2.05) is 49.4 Å². The van der Waals surface area contributed by atoms with Gasteiger partial charge in [-0.3, -0.25) is 4.79 Å². The normalized spacial score (nSPS) is 25.2. The van der Waals surface area contributed by atoms with Crippen LogP contribution in [0.5, 0.6) is 0 Å². The third kappa shape index (κ3) is 3.84. The molecule has 1 aliphatic heterocycles. The fraction of sp³-hybridized carbons (Fsp3) is 0.375. The van der Waals surface area contributed by atoms with Gasteiger partial charge in [-0.2, -0.15) is 0 Å². The minimum Gasteiger partial charge on any atom is -0.466 e. The predicted octanol–water partition coefficient (Wildman–Crippen LogP) is 1.95. The Labute approximate surface area is 124 Å². The zero-order valence-corrected chi connectivity index (χ0v) is 12.2. The van der Waals surface area contributed by atoms with E-state index < -0.39 is 5.92 Å². The van der Waals surface area contributed by atoms with Crippen LogP contribution in [-0.2, 0) is 9.53 Å². The number of amides is 2. The van der Waals surface area contributed by atoms with E-state index in [1.54, 1.807) is 6.92 Å². The van der Waals surface area contributed by atoms with Crippen LogP contribution >= 0.6 is 0 Å². The van der Waals surface area contributed by atoms with Crippen LogP contribution < -0.4 is 10.6 Å². The minimum atomic E-state index is -0.442. The summed E-state index contributed by atoms with van der Waals surface area (Å²) in [5, 5.41) is 5.48. The third-order valence-electron chi connectivity index (χ3n) is 3.44. The molecule has 0 spiro atoms. The van der Waals surface area contributed by atoms with Gasteiger partial charge in [0.05, 0.1) is 12.6 Å². The topological polar surface area (TPSA) is 67.4 Å². The Bertz CT molecular complexity index is 528. The van der Waals surface area contributed by atoms with Crippen LogP contribution in [-0.4, -0.2) is 30.7 Å². The number of rotatable bonds is 4. The van der Waals surface area contributed by atoms with Crippen LogP contribution in [0, 0.1) is 5.92 Å². The smallest absolute Gasteiger partial charge is 0.315 e. The van der Waals surface area contributed by atoms with Crippen LogP contribution in [0.1, 0.15) is 19.4 Å². The summed E-state index contributed by atoms with van der Waals surface area (Å²) in [6.07, 6.45) is 3.74. The lowest BCUT2D eigenvalue weighted by Gasteiger charge is -2.34. The van der Waals surface area contributed by atoms with Crippen molar-refractivity contribution in [3.8, 4) is 0 Å². The molecule has 2 rings (SSSR count). The first-order chi connectivity index (χ1) is 10.1. The number of nitrogens with one attached hydrogen (secondary N) is 2. The van der Waals surface area contributed by atoms with E-state index in [9.17, 15) is 9.59 Å². The van der Waals surface area contributed by atoms with Crippen molar-refractivity contribution >= 4 is 18.1 Å². The van der Waals surface area contributed by atoms with E-state index in [-0.39, 0.29) is 24.1 Å². The van der Waals surface area contributed by atoms with Gasteiger partial charge in [-0.05, 0) is 19.4 Å². The third-order valence-corrected chi connectivity index (χ3v) is 3.44. The summed E-state index contributed by atoms with van der Waals surface area (Å²) in [5.41, 5.74) is 1.01. The van der Waals surface area contributed by atoms with Crippen molar-refractivity contribution in [3.63, 3.8) is 0 Å². The van der Waals surface area contributed by atoms with Gasteiger partial charge in [0.25, 0.3) is 0 Å². The lowest BCUT2D eigenvalue weighted by molar-refractivity contribution is -0.149. The van der Waals surface area contributed by atoms with Gasteiger partial charge < -0.3 is 15.4 Å². The van der Waals surface area contributed by atoms with E-state index >= 15 is 0 Å². The molecule has 1 aromatic carbocycles. The molecular weight excluding hydrogens is 268 g/mol. The Hall–Kier alpha value is -2.30. The maximum atomic E-state index is 12.1. The van der Waals surface area contributed by atoms with E-state index in [0.29, 0.717) is 6.61 Å². The molecule has 5 nitrogen and oxygen atoms in total. The van der Waals surface area contributed by atoms with Crippen molar-refractivity contribution in [2.24, 2.45) is 5.92 Å². The van der Waals surface area contributed by atoms with Gasteiger partial charge in [0.15, 0.2) is 0 Å². The van der Waals surface area contributed by atoms with Crippen molar-refractivity contribution in [1.29, 1.82) is 0 Å². The Morgan fingerprint density at radius 3 is 2.67 bits per heavy atom. The Kier molecular flexibility index (Phi) is 4.98. The van der Waals surface area contributed by atoms with Crippen molar-refractivity contribution in [1.82, 2.24) is 10.6 Å². The van der Waals surface area contributed by atoms with Crippen molar-refractivity contribution in [2.45, 2.75) is 25.9 Å². The molecule has 1 aromatic rings. The molecule has 1 heterocycles. The second-order valence-corrected chi connectivity index (χ2v) is 4.98. The largest absolute Gasteiger partial charge is 0.466 e. The average molecular weight is 288 g/mol. The fourth-order valence-electron chi connectivity index (χ4n) is 2.43. The molecule has 1 aliphatic rings. The number of carbonyl (C=O) groups excluding carboxylic acids is 2. The average Bonchev–Trinajstić information content (AvgIpc) is 2.45. The highest BCUT2D eigenvalue weighted by atomic mass is 16.5. The summed E-state index contributed by atoms with van der Waals surface area (Å²) in [4.78, 5) is 23.7. The molecule has 0 radical (unpaired) electrons. The molecule has 1 fully saturated rings. The summed E-state index contributed by atoms with van der Waals surface area (Å²) in [5.74, 6) is -0.747. The molecule has 0 saturated carbocycles. The van der Waals surface area contributed by atoms with Crippen LogP contribution in [0.4, 0.5) is 4.79 Å². The summed E-state index contributed by atoms with van der Waals surface area (Å²) < 4.78 is 5.11. The monoisotopic (exact) mass is 288 g/mol. The zero-order valence-electron chi connectivity index (χ0n) is 12.2. The summed E-state index contributed by atoms with van der Waals surface area (Å²) in [7, 11) is 0. The van der Waals surface area contributed by atoms with Crippen LogP contribution in [0.15, 0.2) is 36.4 Å². The van der Waals surface area contributed by atoms with E-state index in [1.165, 1.54) is 0 Å². The van der Waals surface area contributed by atoms with Crippen molar-refractivity contribution in [2.75, 3.05) is 6.61 Å². The van der Waals surface area contributed by atoms with Crippen LogP contribution in [0.3, 0.4) is 0 Å². The second-order valence-electron chi connectivity index (χ2n) is 4.98. The second kappa shape index (κ2) is 6.92. The first-order valence-corrected chi connectivity index (χ1v) is 7.08. The van der Waals surface area contributed by atoms with Gasteiger partial charge in [0, 0.05) is 6.04 Å². The lowest BCUT2D eigenvalue weighted by Crippen LogP contribution is -2.61. The maximum Gasteiger partial charge on any atom is 0.315 e. The van der Waals surface area contributed by atoms with E-state index in [0.717, 1.165) is 5.56 Å². The number of ether oxygens (including phenoxy) is 1. The highest BCUT2D eigenvalue weighted by Gasteiger charge is 2.38. The number of hydrogen-bond acceptors (Lipinski definition) is 3. The van der Waals surface area contributed by atoms with E-state index in [2.05, 4.69) is 10.6 Å². The lowest BCUT2D eigenvalue weighted by atomic mass is 9.90. The van der Waals surface area contributed by atoms with E-state index in [4.69, 9.17) is 4.74 Å². The van der Waals surface area contributed by atoms with Crippen molar-refractivity contribution in [3.05, 3.63) is 42.0 Å². The number of carbonyl (C=O) groups is 2. The molecule has 1 saturated heterocycles. The van der Waals surface area contributed by atoms with Gasteiger partial charge in [-0.25, -0.2) is 4.79 Å². The molecule has 5 heteroatoms. The molecule has 0 aromatic heterocycles. The summed E-state index contributed by atoms with van der Waals surface area (Å²) >= 11 is 0. The highest BCUT2D eigenvalue weighted by molar-refractivity contribution is 5.82. The van der Waals surface area contributed by atoms with Crippen LogP contribution in [0.2, 0.25) is 0 Å². The van der Waals surface area contributed by atoms with Crippen molar-refractivity contribution < 1.29 is 14.3 Å². The SMILES string of the molecule is CCOC(=O)C1C(C)NC(=O)NC1/C=C/c1ccccc1. The van der Waals surface area contributed by atoms with Gasteiger partial charge in [-0.1, -0.05) is 42.5 Å². The molecule has 21 heavy (non-hydrogen) atoms. The summed E-state index contributed by atoms with van der Waals surface area (Å²) in [6.45, 7) is 3.90. The van der Waals surface area contributed by atoms with Gasteiger partial charge >= 0.3 is 12.0 Å². The molecular formula is C16H20N2O3. The Morgan fingerprint density at radius 2 is 2.00 bits per heavy atom. The maximum absolute atomic E-state index is 12.1. The van der Waals surface area contributed by atoms with Gasteiger partial charge in [0.1, 0.15) is 5.92 Å². The molecule has 3 unspecified atom stereocenters. The quantitative estimate of drug-likeness (QED) is 0.832.